The molecule has 1 aromatic rings. The normalized spacial score (nSPS) is 16.4. The van der Waals surface area contributed by atoms with E-state index in [4.69, 9.17) is 5.11 Å². The van der Waals surface area contributed by atoms with Crippen molar-refractivity contribution in [2.45, 2.75) is 44.6 Å². The first-order valence-corrected chi connectivity index (χ1v) is 6.72. The summed E-state index contributed by atoms with van der Waals surface area (Å²) in [7, 11) is 0. The molecule has 2 rings (SSSR count). The van der Waals surface area contributed by atoms with Gasteiger partial charge in [-0.25, -0.2) is 9.78 Å². The average molecular weight is 279 g/mol. The minimum Gasteiger partial charge on any atom is -0.478 e. The van der Waals surface area contributed by atoms with E-state index in [0.29, 0.717) is 0 Å². The van der Waals surface area contributed by atoms with E-state index in [2.05, 4.69) is 10.3 Å². The van der Waals surface area contributed by atoms with Crippen molar-refractivity contribution >= 4 is 17.5 Å². The molecule has 1 aromatic heterocycles. The van der Waals surface area contributed by atoms with E-state index in [9.17, 15) is 14.9 Å². The molecular formula is C13H17N3O4. The molecular weight excluding hydrogens is 262 g/mol. The predicted molar refractivity (Wildman–Crippen MR) is 73.0 cm³/mol. The molecule has 1 saturated carbocycles. The zero-order valence-corrected chi connectivity index (χ0v) is 11.0. The molecule has 0 saturated heterocycles. The van der Waals surface area contributed by atoms with Crippen molar-refractivity contribution in [3.63, 3.8) is 0 Å². The molecule has 0 bridgehead atoms. The summed E-state index contributed by atoms with van der Waals surface area (Å²) >= 11 is 0. The van der Waals surface area contributed by atoms with Crippen LogP contribution in [0.1, 0.15) is 48.9 Å². The average Bonchev–Trinajstić information content (AvgIpc) is 2.67. The lowest BCUT2D eigenvalue weighted by Crippen LogP contribution is -2.21. The molecule has 20 heavy (non-hydrogen) atoms. The van der Waals surface area contributed by atoms with Crippen molar-refractivity contribution in [1.82, 2.24) is 4.98 Å². The lowest BCUT2D eigenvalue weighted by Gasteiger charge is -2.17. The summed E-state index contributed by atoms with van der Waals surface area (Å²) in [5.41, 5.74) is -0.461. The SMILES string of the molecule is O=C(O)c1cc([N+](=O)[O-])cnc1NC1CCCCCC1. The number of pyridine rings is 1. The summed E-state index contributed by atoms with van der Waals surface area (Å²) in [6, 6.07) is 1.23. The zero-order valence-electron chi connectivity index (χ0n) is 11.0. The number of carbonyl (C=O) groups is 1. The number of rotatable bonds is 4. The number of carboxylic acid groups (broad SMARTS) is 1. The van der Waals surface area contributed by atoms with Crippen molar-refractivity contribution in [1.29, 1.82) is 0 Å². The van der Waals surface area contributed by atoms with E-state index in [1.807, 2.05) is 0 Å². The molecule has 0 aliphatic heterocycles. The van der Waals surface area contributed by atoms with Crippen molar-refractivity contribution in [2.75, 3.05) is 5.32 Å². The van der Waals surface area contributed by atoms with Crippen LogP contribution < -0.4 is 5.32 Å². The minimum absolute atomic E-state index is 0.150. The Morgan fingerprint density at radius 2 is 2.00 bits per heavy atom. The van der Waals surface area contributed by atoms with Gasteiger partial charge < -0.3 is 10.4 Å². The molecule has 1 aliphatic rings. The molecule has 0 amide bonds. The summed E-state index contributed by atoms with van der Waals surface area (Å²) < 4.78 is 0. The molecule has 0 atom stereocenters. The Kier molecular flexibility index (Phi) is 4.49. The van der Waals surface area contributed by atoms with E-state index < -0.39 is 10.9 Å². The van der Waals surface area contributed by atoms with E-state index >= 15 is 0 Å². The molecule has 7 nitrogen and oxygen atoms in total. The highest BCUT2D eigenvalue weighted by molar-refractivity contribution is 5.93. The Balaban J connectivity index is 2.21. The third-order valence-corrected chi connectivity index (χ3v) is 3.51. The third kappa shape index (κ3) is 3.43. The van der Waals surface area contributed by atoms with Gasteiger partial charge in [0.05, 0.1) is 4.92 Å². The second kappa shape index (κ2) is 6.31. The molecule has 1 heterocycles. The van der Waals surface area contributed by atoms with Crippen LogP contribution in [-0.2, 0) is 0 Å². The van der Waals surface area contributed by atoms with Gasteiger partial charge >= 0.3 is 5.97 Å². The van der Waals surface area contributed by atoms with Gasteiger partial charge in [0.1, 0.15) is 17.6 Å². The number of carboxylic acids is 1. The van der Waals surface area contributed by atoms with Crippen LogP contribution in [0, 0.1) is 10.1 Å². The van der Waals surface area contributed by atoms with Crippen LogP contribution in [0.5, 0.6) is 0 Å². The lowest BCUT2D eigenvalue weighted by molar-refractivity contribution is -0.385. The number of nitro groups is 1. The fourth-order valence-corrected chi connectivity index (χ4v) is 2.45. The number of hydrogen-bond donors (Lipinski definition) is 2. The van der Waals surface area contributed by atoms with Crippen LogP contribution in [0.3, 0.4) is 0 Å². The van der Waals surface area contributed by atoms with Crippen LogP contribution in [0.2, 0.25) is 0 Å². The van der Waals surface area contributed by atoms with Gasteiger partial charge in [0.2, 0.25) is 0 Å². The highest BCUT2D eigenvalue weighted by Gasteiger charge is 2.20. The lowest BCUT2D eigenvalue weighted by atomic mass is 10.1. The van der Waals surface area contributed by atoms with Crippen molar-refractivity contribution in [3.8, 4) is 0 Å². The highest BCUT2D eigenvalue weighted by atomic mass is 16.6. The number of nitrogens with zero attached hydrogens (tertiary/aromatic N) is 2. The van der Waals surface area contributed by atoms with Gasteiger partial charge in [0.15, 0.2) is 0 Å². The monoisotopic (exact) mass is 279 g/mol. The Morgan fingerprint density at radius 3 is 2.55 bits per heavy atom. The number of nitrogens with one attached hydrogen (secondary N) is 1. The molecule has 108 valence electrons. The van der Waals surface area contributed by atoms with Crippen molar-refractivity contribution < 1.29 is 14.8 Å². The van der Waals surface area contributed by atoms with Gasteiger partial charge in [-0.15, -0.1) is 0 Å². The van der Waals surface area contributed by atoms with Crippen LogP contribution in [0.15, 0.2) is 12.3 Å². The molecule has 1 aliphatic carbocycles. The maximum atomic E-state index is 11.2. The second-order valence-corrected chi connectivity index (χ2v) is 4.98. The summed E-state index contributed by atoms with van der Waals surface area (Å²) in [5.74, 6) is -0.993. The quantitative estimate of drug-likeness (QED) is 0.498. The van der Waals surface area contributed by atoms with E-state index in [0.717, 1.165) is 37.9 Å². The maximum absolute atomic E-state index is 11.2. The standard InChI is InChI=1S/C13H17N3O4/c17-13(18)11-7-10(16(19)20)8-14-12(11)15-9-5-3-1-2-4-6-9/h7-9H,1-6H2,(H,14,15)(H,17,18). The first kappa shape index (κ1) is 14.2. The second-order valence-electron chi connectivity index (χ2n) is 4.98. The Labute approximate surface area is 116 Å². The summed E-state index contributed by atoms with van der Waals surface area (Å²) in [5, 5.41) is 23.0. The maximum Gasteiger partial charge on any atom is 0.339 e. The largest absolute Gasteiger partial charge is 0.478 e. The van der Waals surface area contributed by atoms with Crippen LogP contribution in [0.25, 0.3) is 0 Å². The fourth-order valence-electron chi connectivity index (χ4n) is 2.45. The van der Waals surface area contributed by atoms with Gasteiger partial charge in [-0.1, -0.05) is 25.7 Å². The molecule has 0 aromatic carbocycles. The van der Waals surface area contributed by atoms with Crippen LogP contribution >= 0.6 is 0 Å². The minimum atomic E-state index is -1.21. The zero-order chi connectivity index (χ0) is 14.5. The van der Waals surface area contributed by atoms with Crippen LogP contribution in [-0.4, -0.2) is 27.0 Å². The number of aromatic nitrogens is 1. The highest BCUT2D eigenvalue weighted by Crippen LogP contribution is 2.24. The number of hydrogen-bond acceptors (Lipinski definition) is 5. The van der Waals surface area contributed by atoms with Gasteiger partial charge in [-0.2, -0.15) is 0 Å². The molecule has 7 heteroatoms. The summed E-state index contributed by atoms with van der Waals surface area (Å²) in [4.78, 5) is 25.1. The molecule has 2 N–H and O–H groups in total. The Bertz CT molecular complexity index is 510. The smallest absolute Gasteiger partial charge is 0.339 e. The number of aromatic carboxylic acids is 1. The third-order valence-electron chi connectivity index (χ3n) is 3.51. The van der Waals surface area contributed by atoms with Crippen LogP contribution in [0.4, 0.5) is 11.5 Å². The summed E-state index contributed by atoms with van der Waals surface area (Å²) in [6.45, 7) is 0. The van der Waals surface area contributed by atoms with E-state index in [-0.39, 0.29) is 23.1 Å². The molecule has 0 radical (unpaired) electrons. The Morgan fingerprint density at radius 1 is 1.35 bits per heavy atom. The summed E-state index contributed by atoms with van der Waals surface area (Å²) in [6.07, 6.45) is 7.62. The topological polar surface area (TPSA) is 105 Å². The van der Waals surface area contributed by atoms with Gasteiger partial charge in [0, 0.05) is 12.1 Å². The van der Waals surface area contributed by atoms with Gasteiger partial charge in [-0.05, 0) is 12.8 Å². The van der Waals surface area contributed by atoms with Gasteiger partial charge in [-0.3, -0.25) is 10.1 Å². The first-order chi connectivity index (χ1) is 9.58. The van der Waals surface area contributed by atoms with Gasteiger partial charge in [0.25, 0.3) is 5.69 Å². The molecule has 0 spiro atoms. The first-order valence-electron chi connectivity index (χ1n) is 6.72. The Hall–Kier alpha value is -2.18. The molecule has 1 fully saturated rings. The van der Waals surface area contributed by atoms with E-state index in [1.54, 1.807) is 0 Å². The fraction of sp³-hybridized carbons (Fsp3) is 0.538. The van der Waals surface area contributed by atoms with Crippen molar-refractivity contribution in [3.05, 3.63) is 27.9 Å². The number of anilines is 1. The van der Waals surface area contributed by atoms with E-state index in [1.165, 1.54) is 12.8 Å². The molecule has 0 unspecified atom stereocenters. The predicted octanol–water partition coefficient (Wildman–Crippen LogP) is 2.82. The van der Waals surface area contributed by atoms with Crippen molar-refractivity contribution in [2.24, 2.45) is 0 Å².